The summed E-state index contributed by atoms with van der Waals surface area (Å²) in [5.74, 6) is 0. The molecule has 0 nitrogen and oxygen atoms in total. The van der Waals surface area contributed by atoms with Crippen LogP contribution in [-0.2, 0) is 24.7 Å². The van der Waals surface area contributed by atoms with Gasteiger partial charge in [-0.3, -0.25) is 0 Å². The third-order valence-electron chi connectivity index (χ3n) is 9.54. The average Bonchev–Trinajstić information content (AvgIpc) is 3.43. The van der Waals surface area contributed by atoms with Crippen molar-refractivity contribution in [3.05, 3.63) is 145 Å². The molecular weight excluding hydrogens is 524 g/mol. The molecule has 0 aromatic heterocycles. The van der Waals surface area contributed by atoms with Crippen LogP contribution in [0.2, 0.25) is 9.26 Å². The second-order valence-corrected chi connectivity index (χ2v) is 27.5. The maximum atomic E-state index is 2.72. The van der Waals surface area contributed by atoms with Crippen LogP contribution in [0.15, 0.2) is 123 Å². The average molecular weight is 560 g/mol. The van der Waals surface area contributed by atoms with Gasteiger partial charge in [0.15, 0.2) is 0 Å². The summed E-state index contributed by atoms with van der Waals surface area (Å²) in [7, 11) is 0. The molecular formula is C36H36Zr. The Kier molecular flexibility index (Phi) is 5.85. The number of fused-ring (bicyclic) bond motifs is 3. The first kappa shape index (κ1) is 24.4. The molecule has 0 unspecified atom stereocenters. The third-order valence-corrected chi connectivity index (χ3v) is 25.6. The first-order chi connectivity index (χ1) is 17.8. The molecule has 4 aromatic carbocycles. The van der Waals surface area contributed by atoms with Gasteiger partial charge in [-0.2, -0.15) is 0 Å². The van der Waals surface area contributed by atoms with E-state index in [1.165, 1.54) is 44.5 Å². The van der Waals surface area contributed by atoms with E-state index in [0.29, 0.717) is 0 Å². The number of hydrogen-bond acceptors (Lipinski definition) is 0. The van der Waals surface area contributed by atoms with Crippen LogP contribution in [0.25, 0.3) is 11.1 Å². The van der Waals surface area contributed by atoms with Crippen molar-refractivity contribution in [3.63, 3.8) is 0 Å². The molecule has 6 rings (SSSR count). The van der Waals surface area contributed by atoms with Crippen LogP contribution in [0.4, 0.5) is 0 Å². The van der Waals surface area contributed by atoms with Gasteiger partial charge in [-0.15, -0.1) is 0 Å². The molecule has 0 fully saturated rings. The van der Waals surface area contributed by atoms with Crippen molar-refractivity contribution >= 4 is 6.48 Å². The van der Waals surface area contributed by atoms with Crippen molar-refractivity contribution in [2.75, 3.05) is 0 Å². The second kappa shape index (κ2) is 8.85. The van der Waals surface area contributed by atoms with Gasteiger partial charge in [-0.1, -0.05) is 0 Å². The summed E-state index contributed by atoms with van der Waals surface area (Å²) in [5, 5.41) is 0. The normalized spacial score (nSPS) is 15.2. The fraction of sp³-hybridized carbons (Fsp3) is 0.194. The maximum absolute atomic E-state index is 4.20. The molecule has 37 heavy (non-hydrogen) atoms. The van der Waals surface area contributed by atoms with Gasteiger partial charge in [0.05, 0.1) is 0 Å². The SMILES string of the molecule is CC1=C(C)C(C)=[C]([Zr]([CH3])([CH3])(=[C](c2ccccc2)c2ccccc2)[c]2cccc3c2Cc2ccccc2-3)C1. The van der Waals surface area contributed by atoms with E-state index in [4.69, 9.17) is 0 Å². The Morgan fingerprint density at radius 1 is 0.568 bits per heavy atom. The Morgan fingerprint density at radius 2 is 1.14 bits per heavy atom. The zero-order valence-corrected chi connectivity index (χ0v) is 25.2. The van der Waals surface area contributed by atoms with Crippen molar-refractivity contribution in [3.8, 4) is 11.1 Å². The molecule has 0 heterocycles. The monoisotopic (exact) mass is 558 g/mol. The molecule has 0 radical (unpaired) electrons. The number of benzene rings is 4. The van der Waals surface area contributed by atoms with Crippen molar-refractivity contribution in [1.82, 2.24) is 0 Å². The Hall–Kier alpha value is -2.89. The molecule has 0 amide bonds. The fourth-order valence-electron chi connectivity index (χ4n) is 7.45. The van der Waals surface area contributed by atoms with E-state index in [2.05, 4.69) is 133 Å². The van der Waals surface area contributed by atoms with E-state index in [1.807, 2.05) is 0 Å². The molecule has 4 aromatic rings. The van der Waals surface area contributed by atoms with E-state index in [0.717, 1.165) is 12.8 Å². The van der Waals surface area contributed by atoms with Crippen LogP contribution < -0.4 is 3.27 Å². The van der Waals surface area contributed by atoms with Gasteiger partial charge in [0, 0.05) is 0 Å². The van der Waals surface area contributed by atoms with Gasteiger partial charge in [0.25, 0.3) is 0 Å². The topological polar surface area (TPSA) is 0 Å². The molecule has 2 aliphatic rings. The third kappa shape index (κ3) is 3.62. The van der Waals surface area contributed by atoms with Crippen molar-refractivity contribution in [2.24, 2.45) is 0 Å². The van der Waals surface area contributed by atoms with Crippen LogP contribution in [0.1, 0.15) is 49.4 Å². The number of rotatable bonds is 4. The molecule has 0 spiro atoms. The molecule has 0 saturated heterocycles. The standard InChI is InChI=1S/C13H9.C13H10.C8H11.2CH3.Zr/c1-3-7-12-10(5-1)9-11-6-2-4-8-13(11)12;1-3-7-12(8-4-1)11-13-9-5-2-6-10-13;1-6-4-5-7(2)8(6)3;;;/h1-5,7-8H,9H2;1-10H;4H2,1-3H3;2*1H3;. The summed E-state index contributed by atoms with van der Waals surface area (Å²) in [6.07, 6.45) is 2.12. The minimum absolute atomic E-state index is 1.03. The molecule has 0 saturated carbocycles. The van der Waals surface area contributed by atoms with Crippen molar-refractivity contribution in [1.29, 1.82) is 0 Å². The fourth-order valence-corrected chi connectivity index (χ4v) is 24.2. The molecule has 0 bridgehead atoms. The van der Waals surface area contributed by atoms with Gasteiger partial charge in [0.2, 0.25) is 0 Å². The minimum atomic E-state index is -4.20. The van der Waals surface area contributed by atoms with Crippen molar-refractivity contribution in [2.45, 2.75) is 42.9 Å². The van der Waals surface area contributed by atoms with Crippen LogP contribution in [-0.4, -0.2) is 3.21 Å². The van der Waals surface area contributed by atoms with Gasteiger partial charge in [0.1, 0.15) is 0 Å². The quantitative estimate of drug-likeness (QED) is 0.206. The Balaban J connectivity index is 1.83. The number of hydrogen-bond donors (Lipinski definition) is 0. The Labute approximate surface area is 223 Å². The first-order valence-electron chi connectivity index (χ1n) is 13.6. The van der Waals surface area contributed by atoms with Gasteiger partial charge >= 0.3 is 224 Å². The zero-order valence-electron chi connectivity index (χ0n) is 22.7. The summed E-state index contributed by atoms with van der Waals surface area (Å²) in [5.41, 5.74) is 13.2. The van der Waals surface area contributed by atoms with E-state index >= 15 is 0 Å². The van der Waals surface area contributed by atoms with Crippen molar-refractivity contribution < 1.29 is 18.3 Å². The van der Waals surface area contributed by atoms with Gasteiger partial charge in [-0.05, 0) is 0 Å². The van der Waals surface area contributed by atoms with E-state index in [-0.39, 0.29) is 0 Å². The van der Waals surface area contributed by atoms with Crippen LogP contribution in [0, 0.1) is 0 Å². The molecule has 0 atom stereocenters. The van der Waals surface area contributed by atoms with E-state index in [9.17, 15) is 0 Å². The Morgan fingerprint density at radius 3 is 1.73 bits per heavy atom. The summed E-state index contributed by atoms with van der Waals surface area (Å²) >= 11 is -4.20. The molecule has 0 N–H and O–H groups in total. The van der Waals surface area contributed by atoms with Gasteiger partial charge < -0.3 is 0 Å². The molecule has 2 aliphatic carbocycles. The predicted octanol–water partition coefficient (Wildman–Crippen LogP) is 8.95. The first-order valence-corrected chi connectivity index (χ1v) is 22.2. The van der Waals surface area contributed by atoms with E-state index in [1.54, 1.807) is 15.3 Å². The van der Waals surface area contributed by atoms with Crippen LogP contribution in [0.3, 0.4) is 0 Å². The zero-order chi connectivity index (χ0) is 25.8. The second-order valence-electron chi connectivity index (χ2n) is 11.8. The van der Waals surface area contributed by atoms with Crippen LogP contribution in [0.5, 0.6) is 0 Å². The predicted molar refractivity (Wildman–Crippen MR) is 158 cm³/mol. The summed E-state index contributed by atoms with van der Waals surface area (Å²) in [6.45, 7) is 7.08. The molecule has 184 valence electrons. The van der Waals surface area contributed by atoms with E-state index < -0.39 is 18.3 Å². The Bertz CT molecular complexity index is 1630. The number of allylic oxidation sites excluding steroid dienone is 4. The molecule has 0 aliphatic heterocycles. The summed E-state index contributed by atoms with van der Waals surface area (Å²) < 4.78 is 10.4. The van der Waals surface area contributed by atoms with Crippen LogP contribution >= 0.6 is 0 Å². The summed E-state index contributed by atoms with van der Waals surface area (Å²) in [4.78, 5) is 0. The summed E-state index contributed by atoms with van der Waals surface area (Å²) in [6, 6.07) is 38.7. The van der Waals surface area contributed by atoms with Gasteiger partial charge in [-0.25, -0.2) is 0 Å². The molecule has 1 heteroatoms.